The van der Waals surface area contributed by atoms with Crippen molar-refractivity contribution >= 4 is 46.4 Å². The molecule has 0 aromatic heterocycles. The number of aliphatic hydroxyl groups excluding tert-OH is 1. The zero-order valence-corrected chi connectivity index (χ0v) is 19.6. The minimum absolute atomic E-state index is 0.187. The van der Waals surface area contributed by atoms with Crippen LogP contribution in [0.15, 0.2) is 78.4 Å². The molecule has 36 heavy (non-hydrogen) atoms. The number of nitro benzene ring substituents is 1. The van der Waals surface area contributed by atoms with Gasteiger partial charge in [-0.25, -0.2) is 4.79 Å². The molecule has 0 aliphatic carbocycles. The first-order valence-electron chi connectivity index (χ1n) is 10.8. The summed E-state index contributed by atoms with van der Waals surface area (Å²) < 4.78 is 4.98. The van der Waals surface area contributed by atoms with E-state index in [1.165, 1.54) is 72.8 Å². The predicted molar refractivity (Wildman–Crippen MR) is 132 cm³/mol. The van der Waals surface area contributed by atoms with Gasteiger partial charge < -0.3 is 9.84 Å². The Labute approximate surface area is 210 Å². The summed E-state index contributed by atoms with van der Waals surface area (Å²) in [6.45, 7) is 1.86. The molecular weight excluding hydrogens is 488 g/mol. The molecule has 1 saturated heterocycles. The number of esters is 1. The number of nitro groups is 1. The van der Waals surface area contributed by atoms with Gasteiger partial charge in [-0.3, -0.25) is 24.6 Å². The Balaban J connectivity index is 1.89. The van der Waals surface area contributed by atoms with E-state index in [0.29, 0.717) is 5.02 Å². The van der Waals surface area contributed by atoms with Gasteiger partial charge in [-0.15, -0.1) is 0 Å². The normalized spacial score (nSPS) is 16.7. The van der Waals surface area contributed by atoms with Gasteiger partial charge in [0.1, 0.15) is 5.76 Å². The lowest BCUT2D eigenvalue weighted by atomic mass is 9.94. The zero-order chi connectivity index (χ0) is 26.0. The van der Waals surface area contributed by atoms with Gasteiger partial charge in [0.05, 0.1) is 28.7 Å². The van der Waals surface area contributed by atoms with Crippen LogP contribution in [0.5, 0.6) is 0 Å². The summed E-state index contributed by atoms with van der Waals surface area (Å²) in [6, 6.07) is 16.1. The van der Waals surface area contributed by atoms with Gasteiger partial charge in [0.25, 0.3) is 17.4 Å². The third-order valence-electron chi connectivity index (χ3n) is 5.62. The van der Waals surface area contributed by atoms with Crippen LogP contribution in [0, 0.1) is 10.1 Å². The number of halogens is 1. The number of nitrogens with zero attached hydrogens (tertiary/aromatic N) is 2. The van der Waals surface area contributed by atoms with Crippen molar-refractivity contribution < 1.29 is 29.2 Å². The highest BCUT2D eigenvalue weighted by Crippen LogP contribution is 2.43. The number of ketones is 1. The summed E-state index contributed by atoms with van der Waals surface area (Å²) in [4.78, 5) is 50.4. The Morgan fingerprint density at radius 3 is 2.31 bits per heavy atom. The van der Waals surface area contributed by atoms with Gasteiger partial charge in [-0.2, -0.15) is 0 Å². The Hall–Kier alpha value is -4.50. The average Bonchev–Trinajstić information content (AvgIpc) is 3.14. The highest BCUT2D eigenvalue weighted by Gasteiger charge is 2.47. The number of anilines is 1. The molecular formula is C26H19ClN2O7. The Morgan fingerprint density at radius 2 is 1.69 bits per heavy atom. The van der Waals surface area contributed by atoms with Crippen LogP contribution in [0.1, 0.15) is 34.5 Å². The third kappa shape index (κ3) is 4.56. The van der Waals surface area contributed by atoms with Gasteiger partial charge in [-0.1, -0.05) is 23.7 Å². The summed E-state index contributed by atoms with van der Waals surface area (Å²) in [5, 5.41) is 22.9. The fraction of sp³-hybridized carbons (Fsp3) is 0.115. The number of aliphatic hydroxyl groups is 1. The zero-order valence-electron chi connectivity index (χ0n) is 18.9. The summed E-state index contributed by atoms with van der Waals surface area (Å²) >= 11 is 5.93. The first kappa shape index (κ1) is 24.6. The maximum Gasteiger partial charge on any atom is 0.338 e. The van der Waals surface area contributed by atoms with Gasteiger partial charge >= 0.3 is 5.97 Å². The van der Waals surface area contributed by atoms with Crippen LogP contribution in [-0.4, -0.2) is 34.3 Å². The van der Waals surface area contributed by atoms with Crippen LogP contribution in [-0.2, 0) is 14.3 Å². The fourth-order valence-electron chi connectivity index (χ4n) is 3.96. The highest BCUT2D eigenvalue weighted by atomic mass is 35.5. The number of hydrogen-bond acceptors (Lipinski definition) is 7. The molecule has 1 unspecified atom stereocenters. The molecule has 0 radical (unpaired) electrons. The Kier molecular flexibility index (Phi) is 6.84. The maximum atomic E-state index is 13.2. The molecule has 3 aromatic carbocycles. The average molecular weight is 507 g/mol. The van der Waals surface area contributed by atoms with Crippen molar-refractivity contribution in [3.05, 3.63) is 110 Å². The molecule has 1 aliphatic heterocycles. The summed E-state index contributed by atoms with van der Waals surface area (Å²) in [7, 11) is 0. The quantitative estimate of drug-likeness (QED) is 0.124. The van der Waals surface area contributed by atoms with Crippen LogP contribution in [0.25, 0.3) is 5.76 Å². The van der Waals surface area contributed by atoms with E-state index >= 15 is 0 Å². The number of amides is 1. The van der Waals surface area contributed by atoms with Crippen LogP contribution in [0.4, 0.5) is 11.4 Å². The minimum Gasteiger partial charge on any atom is -0.507 e. The largest absolute Gasteiger partial charge is 0.507 e. The van der Waals surface area contributed by atoms with E-state index in [-0.39, 0.29) is 40.2 Å². The second-order valence-electron chi connectivity index (χ2n) is 7.80. The van der Waals surface area contributed by atoms with Crippen LogP contribution >= 0.6 is 11.6 Å². The fourth-order valence-corrected chi connectivity index (χ4v) is 4.08. The topological polar surface area (TPSA) is 127 Å². The molecule has 0 saturated carbocycles. The SMILES string of the molecule is CCOC(=O)c1ccc(N2C(=O)C(=O)/C(=C(\O)c3ccc(Cl)cc3)C2c2cccc([N+](=O)[O-])c2)cc1. The van der Waals surface area contributed by atoms with Crippen molar-refractivity contribution in [3.63, 3.8) is 0 Å². The second-order valence-corrected chi connectivity index (χ2v) is 8.23. The summed E-state index contributed by atoms with van der Waals surface area (Å²) in [5.74, 6) is -2.91. The summed E-state index contributed by atoms with van der Waals surface area (Å²) in [6.07, 6.45) is 0. The number of carbonyl (C=O) groups is 3. The van der Waals surface area contributed by atoms with E-state index in [4.69, 9.17) is 16.3 Å². The first-order valence-corrected chi connectivity index (χ1v) is 11.2. The molecule has 9 nitrogen and oxygen atoms in total. The molecule has 182 valence electrons. The molecule has 1 aliphatic rings. The molecule has 1 heterocycles. The molecule has 10 heteroatoms. The number of non-ortho nitro benzene ring substituents is 1. The van der Waals surface area contributed by atoms with Crippen LogP contribution < -0.4 is 4.90 Å². The Morgan fingerprint density at radius 1 is 1.06 bits per heavy atom. The molecule has 0 spiro atoms. The number of benzene rings is 3. The van der Waals surface area contributed by atoms with Crippen LogP contribution in [0.3, 0.4) is 0 Å². The first-order chi connectivity index (χ1) is 17.2. The summed E-state index contributed by atoms with van der Waals surface area (Å²) in [5.41, 5.74) is 0.487. The van der Waals surface area contributed by atoms with E-state index in [1.807, 2.05) is 0 Å². The van der Waals surface area contributed by atoms with Crippen LogP contribution in [0.2, 0.25) is 5.02 Å². The van der Waals surface area contributed by atoms with Gasteiger partial charge in [-0.05, 0) is 61.0 Å². The van der Waals surface area contributed by atoms with Crippen molar-refractivity contribution in [3.8, 4) is 0 Å². The number of ether oxygens (including phenoxy) is 1. The predicted octanol–water partition coefficient (Wildman–Crippen LogP) is 5.05. The lowest BCUT2D eigenvalue weighted by Crippen LogP contribution is -2.29. The number of Topliss-reactive ketones (excluding diaryl/α,β-unsaturated/α-hetero) is 1. The van der Waals surface area contributed by atoms with E-state index in [9.17, 15) is 29.6 Å². The van der Waals surface area contributed by atoms with Gasteiger partial charge in [0.2, 0.25) is 0 Å². The lowest BCUT2D eigenvalue weighted by Gasteiger charge is -2.25. The molecule has 4 rings (SSSR count). The highest BCUT2D eigenvalue weighted by molar-refractivity contribution is 6.51. The Bertz CT molecular complexity index is 1400. The number of carbonyl (C=O) groups excluding carboxylic acids is 3. The van der Waals surface area contributed by atoms with Crippen molar-refractivity contribution in [2.45, 2.75) is 13.0 Å². The van der Waals surface area contributed by atoms with Gasteiger partial charge in [0, 0.05) is 28.4 Å². The standard InChI is InChI=1S/C26H19ClN2O7/c1-2-36-26(33)16-8-12-19(13-9-16)28-22(17-4-3-5-20(14-17)29(34)35)21(24(31)25(28)32)23(30)15-6-10-18(27)11-7-15/h3-14,22,30H,2H2,1H3/b23-21-. The molecule has 1 atom stereocenters. The van der Waals surface area contributed by atoms with Crippen molar-refractivity contribution in [2.75, 3.05) is 11.5 Å². The minimum atomic E-state index is -1.17. The van der Waals surface area contributed by atoms with E-state index < -0.39 is 34.4 Å². The number of hydrogen-bond donors (Lipinski definition) is 1. The molecule has 1 fully saturated rings. The van der Waals surface area contributed by atoms with E-state index in [0.717, 1.165) is 4.90 Å². The maximum absolute atomic E-state index is 13.2. The van der Waals surface area contributed by atoms with E-state index in [1.54, 1.807) is 6.92 Å². The van der Waals surface area contributed by atoms with E-state index in [2.05, 4.69) is 0 Å². The smallest absolute Gasteiger partial charge is 0.338 e. The monoisotopic (exact) mass is 506 g/mol. The second kappa shape index (κ2) is 10.0. The molecule has 1 N–H and O–H groups in total. The molecule has 1 amide bonds. The molecule has 3 aromatic rings. The number of rotatable bonds is 6. The van der Waals surface area contributed by atoms with Gasteiger partial charge in [0.15, 0.2) is 0 Å². The van der Waals surface area contributed by atoms with Crippen molar-refractivity contribution in [1.29, 1.82) is 0 Å². The molecule has 0 bridgehead atoms. The van der Waals surface area contributed by atoms with Crippen molar-refractivity contribution in [1.82, 2.24) is 0 Å². The lowest BCUT2D eigenvalue weighted by molar-refractivity contribution is -0.384. The van der Waals surface area contributed by atoms with Crippen molar-refractivity contribution in [2.24, 2.45) is 0 Å². The third-order valence-corrected chi connectivity index (χ3v) is 5.87.